The summed E-state index contributed by atoms with van der Waals surface area (Å²) in [7, 11) is 0. The van der Waals surface area contributed by atoms with E-state index in [-0.39, 0.29) is 18.5 Å². The van der Waals surface area contributed by atoms with Crippen molar-refractivity contribution in [3.05, 3.63) is 60.8 Å². The van der Waals surface area contributed by atoms with Crippen molar-refractivity contribution in [2.45, 2.75) is 155 Å². The number of unbranched alkanes of at least 4 members (excludes halogenated alkanes) is 11. The van der Waals surface area contributed by atoms with Gasteiger partial charge in [-0.15, -0.1) is 0 Å². The van der Waals surface area contributed by atoms with E-state index in [2.05, 4.69) is 74.6 Å². The Balaban J connectivity index is 4.25. The topological polar surface area (TPSA) is 63.6 Å². The predicted molar refractivity (Wildman–Crippen MR) is 172 cm³/mol. The first kappa shape index (κ1) is 37.6. The third-order valence-corrected chi connectivity index (χ3v) is 6.71. The molecule has 0 heterocycles. The van der Waals surface area contributed by atoms with Gasteiger partial charge in [-0.3, -0.25) is 9.59 Å². The summed E-state index contributed by atoms with van der Waals surface area (Å²) in [4.78, 5) is 23.1. The number of aliphatic carboxylic acids is 1. The van der Waals surface area contributed by atoms with Crippen LogP contribution in [0.2, 0.25) is 0 Å². The van der Waals surface area contributed by atoms with E-state index in [1.165, 1.54) is 19.3 Å². The summed E-state index contributed by atoms with van der Waals surface area (Å²) in [5, 5.41) is 8.74. The van der Waals surface area contributed by atoms with Crippen LogP contribution in [-0.2, 0) is 14.3 Å². The van der Waals surface area contributed by atoms with Gasteiger partial charge in [0.1, 0.15) is 6.10 Å². The average Bonchev–Trinajstić information content (AvgIpc) is 2.93. The van der Waals surface area contributed by atoms with Crippen molar-refractivity contribution < 1.29 is 19.4 Å². The molecule has 228 valence electrons. The van der Waals surface area contributed by atoms with E-state index < -0.39 is 5.97 Å². The zero-order valence-corrected chi connectivity index (χ0v) is 25.9. The molecule has 0 aliphatic heterocycles. The molecule has 0 radical (unpaired) electrons. The Kier molecular flexibility index (Phi) is 29.3. The second-order valence-corrected chi connectivity index (χ2v) is 10.6. The lowest BCUT2D eigenvalue weighted by atomic mass is 10.1. The summed E-state index contributed by atoms with van der Waals surface area (Å²) in [5.41, 5.74) is 0. The average molecular weight is 557 g/mol. The predicted octanol–water partition coefficient (Wildman–Crippen LogP) is 11.0. The Hall–Kier alpha value is -2.36. The molecule has 0 rings (SSSR count). The Morgan fingerprint density at radius 3 is 1.77 bits per heavy atom. The van der Waals surface area contributed by atoms with E-state index in [0.29, 0.717) is 6.42 Å². The number of allylic oxidation sites excluding steroid dienone is 9. The van der Waals surface area contributed by atoms with Crippen LogP contribution in [0.3, 0.4) is 0 Å². The fourth-order valence-electron chi connectivity index (χ4n) is 4.32. The van der Waals surface area contributed by atoms with Crippen LogP contribution in [0.5, 0.6) is 0 Å². The van der Waals surface area contributed by atoms with Gasteiger partial charge in [-0.1, -0.05) is 113 Å². The number of rotatable bonds is 28. The molecule has 1 atom stereocenters. The summed E-state index contributed by atoms with van der Waals surface area (Å²) >= 11 is 0. The third kappa shape index (κ3) is 30.2. The second-order valence-electron chi connectivity index (χ2n) is 10.6. The van der Waals surface area contributed by atoms with Crippen LogP contribution in [-0.4, -0.2) is 23.1 Å². The minimum absolute atomic E-state index is 0.0868. The van der Waals surface area contributed by atoms with Crippen molar-refractivity contribution in [1.82, 2.24) is 0 Å². The van der Waals surface area contributed by atoms with Crippen LogP contribution in [0.1, 0.15) is 149 Å². The molecule has 0 aromatic carbocycles. The van der Waals surface area contributed by atoms with Gasteiger partial charge in [-0.25, -0.2) is 0 Å². The molecule has 0 amide bonds. The number of esters is 1. The number of hydrogen-bond donors (Lipinski definition) is 1. The van der Waals surface area contributed by atoms with Crippen LogP contribution in [0.25, 0.3) is 0 Å². The maximum absolute atomic E-state index is 12.5. The van der Waals surface area contributed by atoms with Crippen LogP contribution in [0.4, 0.5) is 0 Å². The molecular formula is C36H60O4. The number of carbonyl (C=O) groups is 2. The van der Waals surface area contributed by atoms with Crippen molar-refractivity contribution in [3.8, 4) is 0 Å². The lowest BCUT2D eigenvalue weighted by molar-refractivity contribution is -0.147. The molecule has 4 heteroatoms. The lowest BCUT2D eigenvalue weighted by Crippen LogP contribution is -2.16. The van der Waals surface area contributed by atoms with E-state index >= 15 is 0 Å². The number of ether oxygens (including phenoxy) is 1. The molecule has 0 saturated heterocycles. The molecule has 0 aromatic heterocycles. The van der Waals surface area contributed by atoms with Gasteiger partial charge in [0.15, 0.2) is 0 Å². The van der Waals surface area contributed by atoms with Gasteiger partial charge in [-0.2, -0.15) is 0 Å². The maximum atomic E-state index is 12.5. The van der Waals surface area contributed by atoms with Crippen LogP contribution in [0, 0.1) is 0 Å². The maximum Gasteiger partial charge on any atom is 0.306 e. The highest BCUT2D eigenvalue weighted by Gasteiger charge is 2.11. The Bertz CT molecular complexity index is 729. The highest BCUT2D eigenvalue weighted by atomic mass is 16.5. The third-order valence-electron chi connectivity index (χ3n) is 6.71. The molecule has 0 aliphatic carbocycles. The minimum Gasteiger partial charge on any atom is -0.481 e. The number of carboxylic acid groups (broad SMARTS) is 1. The van der Waals surface area contributed by atoms with Crippen LogP contribution in [0.15, 0.2) is 60.8 Å². The first-order chi connectivity index (χ1) is 19.6. The summed E-state index contributed by atoms with van der Waals surface area (Å²) in [6.45, 7) is 4.37. The van der Waals surface area contributed by atoms with Gasteiger partial charge < -0.3 is 9.84 Å². The largest absolute Gasteiger partial charge is 0.481 e. The SMILES string of the molecule is CC/C=C\C/C=C\C/C=C\CCCCCC(=O)OC(/C=C\C/C=C\CCCCC)CCCCCCCCC(=O)O. The number of hydrogen-bond acceptors (Lipinski definition) is 3. The van der Waals surface area contributed by atoms with Gasteiger partial charge in [0.25, 0.3) is 0 Å². The Labute approximate surface area is 246 Å². The monoisotopic (exact) mass is 556 g/mol. The van der Waals surface area contributed by atoms with Crippen molar-refractivity contribution in [3.63, 3.8) is 0 Å². The standard InChI is InChI=1S/C36H60O4/c1-3-5-7-9-11-13-14-15-16-17-19-25-29-33-36(39)40-34(30-26-22-18-12-10-8-6-4-2)31-27-23-20-21-24-28-32-35(37)38/h5,7,11-13,15-16,18,26,30,34H,3-4,6,8-10,14,17,19-25,27-29,31-33H2,1-2H3,(H,37,38)/b7-5-,13-11-,16-15-,18-12-,30-26-. The van der Waals surface area contributed by atoms with E-state index in [9.17, 15) is 9.59 Å². The summed E-state index contributed by atoms with van der Waals surface area (Å²) in [5.74, 6) is -0.796. The smallest absolute Gasteiger partial charge is 0.306 e. The van der Waals surface area contributed by atoms with Gasteiger partial charge in [0.05, 0.1) is 0 Å². The highest BCUT2D eigenvalue weighted by molar-refractivity contribution is 5.69. The Morgan fingerprint density at radius 2 is 1.12 bits per heavy atom. The molecule has 1 unspecified atom stereocenters. The summed E-state index contributed by atoms with van der Waals surface area (Å²) in [6, 6.07) is 0. The van der Waals surface area contributed by atoms with Crippen LogP contribution < -0.4 is 0 Å². The van der Waals surface area contributed by atoms with Crippen molar-refractivity contribution >= 4 is 11.9 Å². The van der Waals surface area contributed by atoms with Crippen LogP contribution >= 0.6 is 0 Å². The van der Waals surface area contributed by atoms with E-state index in [1.807, 2.05) is 0 Å². The minimum atomic E-state index is -0.709. The first-order valence-corrected chi connectivity index (χ1v) is 16.3. The highest BCUT2D eigenvalue weighted by Crippen LogP contribution is 2.14. The fraction of sp³-hybridized carbons (Fsp3) is 0.667. The molecule has 40 heavy (non-hydrogen) atoms. The molecule has 0 spiro atoms. The molecular weight excluding hydrogens is 496 g/mol. The fourth-order valence-corrected chi connectivity index (χ4v) is 4.32. The van der Waals surface area contributed by atoms with Gasteiger partial charge in [-0.05, 0) is 83.1 Å². The molecule has 1 N–H and O–H groups in total. The second kappa shape index (κ2) is 31.2. The first-order valence-electron chi connectivity index (χ1n) is 16.3. The van der Waals surface area contributed by atoms with Gasteiger partial charge >= 0.3 is 11.9 Å². The van der Waals surface area contributed by atoms with E-state index in [0.717, 1.165) is 103 Å². The van der Waals surface area contributed by atoms with Crippen molar-refractivity contribution in [2.24, 2.45) is 0 Å². The summed E-state index contributed by atoms with van der Waals surface area (Å²) < 4.78 is 5.85. The number of carbonyl (C=O) groups excluding carboxylic acids is 1. The molecule has 0 bridgehead atoms. The quantitative estimate of drug-likeness (QED) is 0.0591. The molecule has 0 fully saturated rings. The molecule has 4 nitrogen and oxygen atoms in total. The molecule has 0 aliphatic rings. The zero-order valence-electron chi connectivity index (χ0n) is 25.9. The lowest BCUT2D eigenvalue weighted by Gasteiger charge is -2.14. The van der Waals surface area contributed by atoms with Crippen molar-refractivity contribution in [2.75, 3.05) is 0 Å². The van der Waals surface area contributed by atoms with E-state index in [4.69, 9.17) is 9.84 Å². The molecule has 0 saturated carbocycles. The zero-order chi connectivity index (χ0) is 29.4. The summed E-state index contributed by atoms with van der Waals surface area (Å²) in [6.07, 6.45) is 42.4. The normalized spacial score (nSPS) is 13.1. The van der Waals surface area contributed by atoms with Gasteiger partial charge in [0.2, 0.25) is 0 Å². The van der Waals surface area contributed by atoms with E-state index in [1.54, 1.807) is 0 Å². The number of carboxylic acids is 1. The van der Waals surface area contributed by atoms with Gasteiger partial charge in [0, 0.05) is 12.8 Å². The Morgan fingerprint density at radius 1 is 0.600 bits per heavy atom. The molecule has 0 aromatic rings. The van der Waals surface area contributed by atoms with Crippen molar-refractivity contribution in [1.29, 1.82) is 0 Å².